The van der Waals surface area contributed by atoms with Crippen molar-refractivity contribution in [2.45, 2.75) is 46.5 Å². The summed E-state index contributed by atoms with van der Waals surface area (Å²) in [5.41, 5.74) is 19.6. The lowest BCUT2D eigenvalue weighted by atomic mass is 9.84. The first kappa shape index (κ1) is 39.6. The second kappa shape index (κ2) is 15.6. The minimum Gasteiger partial charge on any atom is -0.354 e. The fourth-order valence-electron chi connectivity index (χ4n) is 10.5. The lowest BCUT2D eigenvalue weighted by Gasteiger charge is -2.21. The van der Waals surface area contributed by atoms with E-state index in [4.69, 9.17) is 9.97 Å². The van der Waals surface area contributed by atoms with Gasteiger partial charge in [0.15, 0.2) is 0 Å². The van der Waals surface area contributed by atoms with Crippen molar-refractivity contribution in [1.29, 1.82) is 0 Å². The number of nitrogens with one attached hydrogen (secondary N) is 1. The summed E-state index contributed by atoms with van der Waals surface area (Å²) in [6, 6.07) is 65.9. The van der Waals surface area contributed by atoms with E-state index in [1.54, 1.807) is 0 Å². The Morgan fingerprint density at radius 3 is 1.97 bits per heavy atom. The number of imidazole rings is 1. The maximum Gasteiger partial charge on any atom is 0.147 e. The number of aryl methyl sites for hydroxylation is 1. The Kier molecular flexibility index (Phi) is 9.35. The van der Waals surface area contributed by atoms with Gasteiger partial charge in [0.25, 0.3) is 0 Å². The first-order valence-electron chi connectivity index (χ1n) is 23.1. The molecule has 1 N–H and O–H groups in total. The molecule has 0 saturated heterocycles. The Labute approximate surface area is 384 Å². The number of nitrogens with zero attached hydrogens (tertiary/aromatic N) is 4. The molecule has 0 aliphatic carbocycles. The number of benzene rings is 8. The molecule has 0 atom stereocenters. The van der Waals surface area contributed by atoms with Crippen LogP contribution >= 0.6 is 0 Å². The lowest BCUT2D eigenvalue weighted by Crippen LogP contribution is -2.01. The molecule has 5 nitrogen and oxygen atoms in total. The van der Waals surface area contributed by atoms with Gasteiger partial charge in [0.2, 0.25) is 0 Å². The van der Waals surface area contributed by atoms with Crippen LogP contribution in [0, 0.1) is 6.92 Å². The zero-order valence-corrected chi connectivity index (χ0v) is 37.8. The third kappa shape index (κ3) is 6.29. The van der Waals surface area contributed by atoms with Gasteiger partial charge in [-0.05, 0) is 124 Å². The zero-order valence-electron chi connectivity index (χ0n) is 37.8. The first-order chi connectivity index (χ1) is 32.3. The van der Waals surface area contributed by atoms with E-state index in [1.807, 2.05) is 6.20 Å². The van der Waals surface area contributed by atoms with Gasteiger partial charge < -0.3 is 4.98 Å². The Hall–Kier alpha value is -8.02. The van der Waals surface area contributed by atoms with Crippen LogP contribution in [0.25, 0.3) is 111 Å². The van der Waals surface area contributed by atoms with Crippen molar-refractivity contribution in [3.63, 3.8) is 0 Å². The summed E-state index contributed by atoms with van der Waals surface area (Å²) in [4.78, 5) is 14.5. The predicted octanol–water partition coefficient (Wildman–Crippen LogP) is 16.4. The molecule has 12 aromatic rings. The van der Waals surface area contributed by atoms with E-state index >= 15 is 0 Å². The molecule has 8 aromatic carbocycles. The SMILES string of the molecule is Cc1cc(-c2c(C(C)C)cccc2C(C)C)cc2c3ccc(-c4cccc5c4nc(-c4cccc6c4[nH]c4ccccc46)n5-c4ccccc4)cc3n(-c3cc(-c4ccccc4)ccn3)c12. The van der Waals surface area contributed by atoms with Gasteiger partial charge in [-0.2, -0.15) is 0 Å². The average Bonchev–Trinajstić information content (AvgIpc) is 4.04. The number of pyridine rings is 1. The van der Waals surface area contributed by atoms with Crippen LogP contribution in [-0.2, 0) is 0 Å². The molecule has 0 saturated carbocycles. The fourth-order valence-corrected chi connectivity index (χ4v) is 10.5. The zero-order chi connectivity index (χ0) is 44.6. The molecule has 12 rings (SSSR count). The number of rotatable bonds is 8. The van der Waals surface area contributed by atoms with E-state index in [2.05, 4.69) is 231 Å². The summed E-state index contributed by atoms with van der Waals surface area (Å²) in [6.45, 7) is 11.5. The number of aromatic nitrogens is 5. The van der Waals surface area contributed by atoms with Gasteiger partial charge in [-0.1, -0.05) is 149 Å². The number of para-hydroxylation sites is 4. The molecule has 0 spiro atoms. The minimum absolute atomic E-state index is 0.382. The summed E-state index contributed by atoms with van der Waals surface area (Å²) in [5, 5.41) is 4.79. The molecule has 0 fully saturated rings. The molecule has 0 bridgehead atoms. The molecular weight excluding hydrogens is 803 g/mol. The maximum absolute atomic E-state index is 5.63. The molecule has 318 valence electrons. The fraction of sp³-hybridized carbons (Fsp3) is 0.115. The molecule has 0 unspecified atom stereocenters. The Balaban J connectivity index is 1.13. The lowest BCUT2D eigenvalue weighted by molar-refractivity contribution is 0.838. The molecule has 0 aliphatic rings. The summed E-state index contributed by atoms with van der Waals surface area (Å²) >= 11 is 0. The van der Waals surface area contributed by atoms with Gasteiger partial charge in [-0.3, -0.25) is 9.13 Å². The van der Waals surface area contributed by atoms with Gasteiger partial charge >= 0.3 is 0 Å². The average molecular weight is 852 g/mol. The molecule has 0 radical (unpaired) electrons. The van der Waals surface area contributed by atoms with Crippen molar-refractivity contribution in [3.05, 3.63) is 205 Å². The van der Waals surface area contributed by atoms with Gasteiger partial charge in [0.05, 0.1) is 27.6 Å². The molecule has 4 heterocycles. The van der Waals surface area contributed by atoms with Crippen LogP contribution in [0.2, 0.25) is 0 Å². The van der Waals surface area contributed by atoms with E-state index in [0.29, 0.717) is 11.8 Å². The standard InChI is InChI=1S/C61H49N5/c1-37(2)45-22-14-23-46(38(3)4)57(45)43-33-39(5)60-52(34-43)49-30-29-42(35-55(49)66(60)56-36-41(31-32-62-56)40-17-8-6-9-18-40)47-24-16-28-54-59(47)64-61(65(54)44-19-10-7-11-20-44)51-26-15-25-50-48-21-12-13-27-53(48)63-58(50)51/h6-38,63H,1-5H3. The molecule has 66 heavy (non-hydrogen) atoms. The molecule has 4 aromatic heterocycles. The van der Waals surface area contributed by atoms with Crippen LogP contribution in [0.5, 0.6) is 0 Å². The van der Waals surface area contributed by atoms with E-state index in [0.717, 1.165) is 78.2 Å². The largest absolute Gasteiger partial charge is 0.354 e. The van der Waals surface area contributed by atoms with Crippen molar-refractivity contribution in [2.75, 3.05) is 0 Å². The first-order valence-corrected chi connectivity index (χ1v) is 23.1. The number of hydrogen-bond donors (Lipinski definition) is 1. The van der Waals surface area contributed by atoms with Crippen LogP contribution in [-0.4, -0.2) is 24.1 Å². The van der Waals surface area contributed by atoms with Crippen molar-refractivity contribution in [2.24, 2.45) is 0 Å². The van der Waals surface area contributed by atoms with Crippen molar-refractivity contribution < 1.29 is 0 Å². The van der Waals surface area contributed by atoms with E-state index < -0.39 is 0 Å². The Bertz CT molecular complexity index is 3800. The summed E-state index contributed by atoms with van der Waals surface area (Å²) < 4.78 is 4.71. The van der Waals surface area contributed by atoms with Crippen LogP contribution in [0.3, 0.4) is 0 Å². The molecular formula is C61H49N5. The topological polar surface area (TPSA) is 51.4 Å². The second-order valence-corrected chi connectivity index (χ2v) is 18.3. The number of hydrogen-bond acceptors (Lipinski definition) is 2. The third-order valence-corrected chi connectivity index (χ3v) is 13.6. The van der Waals surface area contributed by atoms with Gasteiger partial charge in [0.1, 0.15) is 11.6 Å². The van der Waals surface area contributed by atoms with Gasteiger partial charge in [0, 0.05) is 50.1 Å². The second-order valence-electron chi connectivity index (χ2n) is 18.3. The minimum atomic E-state index is 0.382. The summed E-state index contributed by atoms with van der Waals surface area (Å²) in [7, 11) is 0. The van der Waals surface area contributed by atoms with Crippen LogP contribution in [0.15, 0.2) is 188 Å². The maximum atomic E-state index is 5.63. The van der Waals surface area contributed by atoms with Crippen LogP contribution in [0.1, 0.15) is 56.2 Å². The van der Waals surface area contributed by atoms with E-state index in [9.17, 15) is 0 Å². The molecule has 5 heteroatoms. The van der Waals surface area contributed by atoms with E-state index in [1.165, 1.54) is 49.4 Å². The van der Waals surface area contributed by atoms with Gasteiger partial charge in [-0.15, -0.1) is 0 Å². The number of H-pyrrole nitrogens is 1. The Morgan fingerprint density at radius 2 is 1.18 bits per heavy atom. The molecule has 0 aliphatic heterocycles. The highest BCUT2D eigenvalue weighted by Crippen LogP contribution is 2.44. The predicted molar refractivity (Wildman–Crippen MR) is 277 cm³/mol. The van der Waals surface area contributed by atoms with Crippen molar-refractivity contribution >= 4 is 54.6 Å². The Morgan fingerprint density at radius 1 is 0.485 bits per heavy atom. The molecule has 0 amide bonds. The highest BCUT2D eigenvalue weighted by molar-refractivity contribution is 6.14. The monoisotopic (exact) mass is 851 g/mol. The van der Waals surface area contributed by atoms with E-state index in [-0.39, 0.29) is 0 Å². The van der Waals surface area contributed by atoms with Crippen LogP contribution in [0.4, 0.5) is 0 Å². The summed E-state index contributed by atoms with van der Waals surface area (Å²) in [6.07, 6.45) is 1.95. The third-order valence-electron chi connectivity index (χ3n) is 13.6. The summed E-state index contributed by atoms with van der Waals surface area (Å²) in [5.74, 6) is 2.54. The van der Waals surface area contributed by atoms with Gasteiger partial charge in [-0.25, -0.2) is 9.97 Å². The quantitative estimate of drug-likeness (QED) is 0.166. The number of aromatic amines is 1. The highest BCUT2D eigenvalue weighted by atomic mass is 15.1. The van der Waals surface area contributed by atoms with Crippen molar-refractivity contribution in [3.8, 4) is 56.3 Å². The van der Waals surface area contributed by atoms with Crippen molar-refractivity contribution in [1.82, 2.24) is 24.1 Å². The van der Waals surface area contributed by atoms with Crippen LogP contribution < -0.4 is 0 Å². The normalized spacial score (nSPS) is 12.0. The highest BCUT2D eigenvalue weighted by Gasteiger charge is 2.24. The number of fused-ring (bicyclic) bond motifs is 7. The smallest absolute Gasteiger partial charge is 0.147 e.